The minimum Gasteiger partial charge on any atom is -0.310 e. The molecular formula is C21H22N2S. The molecule has 3 heterocycles. The molecule has 2 nitrogen and oxygen atoms in total. The molecule has 3 aromatic rings. The van der Waals surface area contributed by atoms with Gasteiger partial charge in [-0.05, 0) is 55.9 Å². The van der Waals surface area contributed by atoms with Crippen LogP contribution in [0.4, 0.5) is 0 Å². The van der Waals surface area contributed by atoms with Crippen molar-refractivity contribution in [2.45, 2.75) is 45.2 Å². The van der Waals surface area contributed by atoms with Gasteiger partial charge in [0.1, 0.15) is 5.00 Å². The summed E-state index contributed by atoms with van der Waals surface area (Å²) in [6.45, 7) is 3.12. The number of thiophene rings is 1. The van der Waals surface area contributed by atoms with Crippen molar-refractivity contribution in [3.8, 4) is 5.00 Å². The van der Waals surface area contributed by atoms with Crippen molar-refractivity contribution >= 4 is 11.3 Å². The second-order valence-electron chi connectivity index (χ2n) is 7.02. The van der Waals surface area contributed by atoms with Crippen molar-refractivity contribution in [1.29, 1.82) is 0 Å². The van der Waals surface area contributed by atoms with Gasteiger partial charge in [0.15, 0.2) is 0 Å². The Morgan fingerprint density at radius 1 is 1.04 bits per heavy atom. The molecule has 3 heteroatoms. The van der Waals surface area contributed by atoms with Gasteiger partial charge in [0.2, 0.25) is 0 Å². The number of aromatic nitrogens is 1. The Morgan fingerprint density at radius 3 is 2.75 bits per heavy atom. The van der Waals surface area contributed by atoms with Crippen molar-refractivity contribution in [3.05, 3.63) is 75.4 Å². The summed E-state index contributed by atoms with van der Waals surface area (Å²) in [6.07, 6.45) is 7.46. The number of benzene rings is 1. The fourth-order valence-electron chi connectivity index (χ4n) is 4.16. The molecule has 2 aliphatic rings. The lowest BCUT2D eigenvalue weighted by Gasteiger charge is -2.19. The van der Waals surface area contributed by atoms with Crippen LogP contribution in [0, 0.1) is 6.92 Å². The molecule has 0 unspecified atom stereocenters. The molecule has 1 aromatic carbocycles. The molecule has 0 fully saturated rings. The molecule has 1 atom stereocenters. The Bertz CT molecular complexity index is 885. The average molecular weight is 334 g/mol. The summed E-state index contributed by atoms with van der Waals surface area (Å²) in [5.74, 6) is 0. The predicted molar refractivity (Wildman–Crippen MR) is 100 cm³/mol. The monoisotopic (exact) mass is 334 g/mol. The van der Waals surface area contributed by atoms with Crippen LogP contribution in [0.5, 0.6) is 0 Å². The highest BCUT2D eigenvalue weighted by molar-refractivity contribution is 7.15. The number of nitrogens with zero attached hydrogens (tertiary/aromatic N) is 1. The minimum atomic E-state index is 0.263. The maximum atomic E-state index is 3.84. The van der Waals surface area contributed by atoms with Crippen LogP contribution in [0.1, 0.15) is 51.7 Å². The van der Waals surface area contributed by atoms with E-state index in [4.69, 9.17) is 0 Å². The molecule has 2 aromatic heterocycles. The lowest BCUT2D eigenvalue weighted by molar-refractivity contribution is 0.595. The van der Waals surface area contributed by atoms with Gasteiger partial charge in [-0.25, -0.2) is 0 Å². The summed E-state index contributed by atoms with van der Waals surface area (Å²) in [4.78, 5) is 1.63. The number of nitrogens with one attached hydrogen (secondary N) is 1. The second kappa shape index (κ2) is 5.61. The lowest BCUT2D eigenvalue weighted by atomic mass is 9.95. The van der Waals surface area contributed by atoms with Crippen LogP contribution in [0.25, 0.3) is 5.00 Å². The van der Waals surface area contributed by atoms with Gasteiger partial charge < -0.3 is 9.88 Å². The first kappa shape index (κ1) is 14.5. The summed E-state index contributed by atoms with van der Waals surface area (Å²) >= 11 is 2.02. The second-order valence-corrected chi connectivity index (χ2v) is 8.11. The standard InChI is InChI=1S/C21H22N2S/c1-14-8-10-15(11-9-14)20-18-6-4-12-23(18)21-17(13-22-20)16-5-2-3-7-19(16)24-21/h4,6,8-12,20,22H,2-3,5,7,13H2,1H3/t20-/m1/s1. The van der Waals surface area contributed by atoms with Gasteiger partial charge in [-0.15, -0.1) is 11.3 Å². The van der Waals surface area contributed by atoms with Crippen molar-refractivity contribution in [1.82, 2.24) is 9.88 Å². The number of hydrogen-bond acceptors (Lipinski definition) is 2. The van der Waals surface area contributed by atoms with Gasteiger partial charge in [0.25, 0.3) is 0 Å². The maximum Gasteiger partial charge on any atom is 0.104 e. The first-order valence-corrected chi connectivity index (χ1v) is 9.74. The quantitative estimate of drug-likeness (QED) is 0.668. The van der Waals surface area contributed by atoms with E-state index in [0.717, 1.165) is 6.54 Å². The fourth-order valence-corrected chi connectivity index (χ4v) is 5.58. The van der Waals surface area contributed by atoms with E-state index in [1.807, 2.05) is 11.3 Å². The normalized spacial score (nSPS) is 19.3. The van der Waals surface area contributed by atoms with E-state index in [-0.39, 0.29) is 6.04 Å². The highest BCUT2D eigenvalue weighted by Gasteiger charge is 2.28. The van der Waals surface area contributed by atoms with Crippen LogP contribution in [-0.4, -0.2) is 4.57 Å². The molecule has 0 amide bonds. The van der Waals surface area contributed by atoms with Crippen molar-refractivity contribution in [3.63, 3.8) is 0 Å². The molecule has 0 radical (unpaired) electrons. The van der Waals surface area contributed by atoms with Crippen LogP contribution in [0.3, 0.4) is 0 Å². The van der Waals surface area contributed by atoms with Crippen LogP contribution in [0.2, 0.25) is 0 Å². The SMILES string of the molecule is Cc1ccc([C@H]2NCc3c(sc4c3CCCC4)-n3cccc32)cc1. The molecule has 0 saturated carbocycles. The van der Waals surface area contributed by atoms with Crippen LogP contribution >= 0.6 is 11.3 Å². The van der Waals surface area contributed by atoms with Gasteiger partial charge in [-0.2, -0.15) is 0 Å². The van der Waals surface area contributed by atoms with Gasteiger partial charge in [0.05, 0.1) is 6.04 Å². The van der Waals surface area contributed by atoms with E-state index < -0.39 is 0 Å². The maximum absolute atomic E-state index is 3.84. The van der Waals surface area contributed by atoms with E-state index in [0.29, 0.717) is 0 Å². The van der Waals surface area contributed by atoms with E-state index >= 15 is 0 Å². The van der Waals surface area contributed by atoms with E-state index in [2.05, 4.69) is 59.4 Å². The molecule has 122 valence electrons. The smallest absolute Gasteiger partial charge is 0.104 e. The summed E-state index contributed by atoms with van der Waals surface area (Å²) in [5.41, 5.74) is 7.21. The molecule has 0 saturated heterocycles. The van der Waals surface area contributed by atoms with E-state index in [1.165, 1.54) is 47.5 Å². The third kappa shape index (κ3) is 2.19. The highest BCUT2D eigenvalue weighted by Crippen LogP contribution is 2.40. The first-order chi connectivity index (χ1) is 11.8. The fraction of sp³-hybridized carbons (Fsp3) is 0.333. The average Bonchev–Trinajstić information content (AvgIpc) is 3.18. The summed E-state index contributed by atoms with van der Waals surface area (Å²) < 4.78 is 2.43. The van der Waals surface area contributed by atoms with E-state index in [1.54, 1.807) is 16.0 Å². The van der Waals surface area contributed by atoms with Crippen molar-refractivity contribution < 1.29 is 0 Å². The topological polar surface area (TPSA) is 17.0 Å². The largest absolute Gasteiger partial charge is 0.310 e. The number of rotatable bonds is 1. The zero-order chi connectivity index (χ0) is 16.1. The molecule has 1 aliphatic carbocycles. The Hall–Kier alpha value is -1.84. The zero-order valence-corrected chi connectivity index (χ0v) is 14.8. The van der Waals surface area contributed by atoms with Crippen molar-refractivity contribution in [2.75, 3.05) is 0 Å². The number of aryl methyl sites for hydroxylation is 2. The van der Waals surface area contributed by atoms with Gasteiger partial charge >= 0.3 is 0 Å². The van der Waals surface area contributed by atoms with Gasteiger partial charge in [0, 0.05) is 28.9 Å². The molecule has 5 rings (SSSR count). The molecule has 0 spiro atoms. The summed E-state index contributed by atoms with van der Waals surface area (Å²) in [6, 6.07) is 13.7. The lowest BCUT2D eigenvalue weighted by Crippen LogP contribution is -2.21. The Morgan fingerprint density at radius 2 is 1.88 bits per heavy atom. The molecular weight excluding hydrogens is 312 g/mol. The van der Waals surface area contributed by atoms with E-state index in [9.17, 15) is 0 Å². The Balaban J connectivity index is 1.64. The van der Waals surface area contributed by atoms with Gasteiger partial charge in [-0.1, -0.05) is 29.8 Å². The summed E-state index contributed by atoms with van der Waals surface area (Å²) in [7, 11) is 0. The molecule has 24 heavy (non-hydrogen) atoms. The number of hydrogen-bond donors (Lipinski definition) is 1. The first-order valence-electron chi connectivity index (χ1n) is 8.92. The third-order valence-corrected chi connectivity index (χ3v) is 6.78. The minimum absolute atomic E-state index is 0.263. The zero-order valence-electron chi connectivity index (χ0n) is 14.0. The molecule has 1 N–H and O–H groups in total. The predicted octanol–water partition coefficient (Wildman–Crippen LogP) is 4.92. The third-order valence-electron chi connectivity index (χ3n) is 5.45. The van der Waals surface area contributed by atoms with Crippen LogP contribution < -0.4 is 5.32 Å². The van der Waals surface area contributed by atoms with Crippen LogP contribution in [-0.2, 0) is 19.4 Å². The molecule has 1 aliphatic heterocycles. The van der Waals surface area contributed by atoms with Crippen molar-refractivity contribution in [2.24, 2.45) is 0 Å². The Kier molecular flexibility index (Phi) is 3.39. The Labute approximate surface area is 147 Å². The summed E-state index contributed by atoms with van der Waals surface area (Å²) in [5, 5.41) is 5.29. The molecule has 0 bridgehead atoms. The number of fused-ring (bicyclic) bond motifs is 5. The van der Waals surface area contributed by atoms with Crippen LogP contribution in [0.15, 0.2) is 42.6 Å². The highest BCUT2D eigenvalue weighted by atomic mass is 32.1. The van der Waals surface area contributed by atoms with Gasteiger partial charge in [-0.3, -0.25) is 0 Å².